The maximum absolute atomic E-state index is 11.3. The zero-order valence-electron chi connectivity index (χ0n) is 24.1. The molecule has 1 aliphatic carbocycles. The fraction of sp³-hybridized carbons (Fsp3) is 0.897. The number of aliphatic hydroxyl groups excluding tert-OH is 1. The topological polar surface area (TPSA) is 74.2 Å². The molecule has 2 fully saturated rings. The van der Waals surface area contributed by atoms with Crippen molar-refractivity contribution in [2.24, 2.45) is 11.8 Å². The van der Waals surface area contributed by atoms with Crippen LogP contribution in [-0.2, 0) is 23.4 Å². The minimum Gasteiger partial charge on any atom is -0.469 e. The first-order chi connectivity index (χ1) is 16.9. The highest BCUT2D eigenvalue weighted by Crippen LogP contribution is 2.46. The van der Waals surface area contributed by atoms with Crippen molar-refractivity contribution in [2.45, 2.75) is 134 Å². The number of carbonyl (C=O) groups excluding carboxylic acids is 1. The summed E-state index contributed by atoms with van der Waals surface area (Å²) in [5.41, 5.74) is 0. The molecule has 0 aromatic heterocycles. The van der Waals surface area contributed by atoms with E-state index in [2.05, 4.69) is 52.9 Å². The van der Waals surface area contributed by atoms with E-state index in [-0.39, 0.29) is 35.1 Å². The van der Waals surface area contributed by atoms with E-state index in [1.165, 1.54) is 20.0 Å². The van der Waals surface area contributed by atoms with Gasteiger partial charge in [0.2, 0.25) is 0 Å². The standard InChI is InChI=1S/C29H54O6Si/c1-8-9-14-18-29(33-20-21-34-29)19-17-24-23(15-12-10-11-13-16-27(31)32-5)25(30)22-26(24)35-36(6,7)28(2,3)4/h10,12,23-26,30H,8-9,11,13-22H2,1-7H3/b12-10-/t23-,24-,25+,26?/m1/s1. The third-order valence-corrected chi connectivity index (χ3v) is 13.1. The van der Waals surface area contributed by atoms with Crippen molar-refractivity contribution < 1.29 is 28.5 Å². The van der Waals surface area contributed by atoms with Crippen molar-refractivity contribution in [3.05, 3.63) is 12.2 Å². The Morgan fingerprint density at radius 3 is 2.39 bits per heavy atom. The van der Waals surface area contributed by atoms with Gasteiger partial charge in [-0.3, -0.25) is 4.79 Å². The average molecular weight is 527 g/mol. The predicted molar refractivity (Wildman–Crippen MR) is 147 cm³/mol. The van der Waals surface area contributed by atoms with E-state index in [1.54, 1.807) is 0 Å². The van der Waals surface area contributed by atoms with Gasteiger partial charge < -0.3 is 23.7 Å². The molecule has 0 amide bonds. The molecular formula is C29H54O6Si. The Hall–Kier alpha value is -0.733. The van der Waals surface area contributed by atoms with Crippen LogP contribution in [0.15, 0.2) is 12.2 Å². The molecule has 2 aliphatic rings. The number of hydrogen-bond donors (Lipinski definition) is 1. The predicted octanol–water partition coefficient (Wildman–Crippen LogP) is 6.77. The van der Waals surface area contributed by atoms with Crippen LogP contribution < -0.4 is 0 Å². The van der Waals surface area contributed by atoms with Crippen LogP contribution in [0.4, 0.5) is 0 Å². The van der Waals surface area contributed by atoms with E-state index in [0.29, 0.717) is 26.1 Å². The zero-order chi connectivity index (χ0) is 26.8. The Kier molecular flexibility index (Phi) is 12.6. The average Bonchev–Trinajstić information content (AvgIpc) is 3.38. The molecule has 1 aliphatic heterocycles. The molecule has 1 N–H and O–H groups in total. The molecule has 6 nitrogen and oxygen atoms in total. The second kappa shape index (κ2) is 14.4. The Morgan fingerprint density at radius 2 is 1.78 bits per heavy atom. The number of unbranched alkanes of at least 4 members (excludes halogenated alkanes) is 3. The van der Waals surface area contributed by atoms with Gasteiger partial charge in [0.1, 0.15) is 0 Å². The Morgan fingerprint density at radius 1 is 1.08 bits per heavy atom. The molecule has 2 rings (SSSR count). The summed E-state index contributed by atoms with van der Waals surface area (Å²) in [5.74, 6) is -0.210. The van der Waals surface area contributed by atoms with Crippen LogP contribution in [-0.4, -0.2) is 57.7 Å². The van der Waals surface area contributed by atoms with Crippen molar-refractivity contribution in [1.29, 1.82) is 0 Å². The summed E-state index contributed by atoms with van der Waals surface area (Å²) in [4.78, 5) is 11.3. The van der Waals surface area contributed by atoms with Gasteiger partial charge in [0.15, 0.2) is 14.1 Å². The van der Waals surface area contributed by atoms with Gasteiger partial charge in [-0.25, -0.2) is 0 Å². The van der Waals surface area contributed by atoms with Crippen molar-refractivity contribution in [3.63, 3.8) is 0 Å². The summed E-state index contributed by atoms with van der Waals surface area (Å²) in [6.07, 6.45) is 13.8. The van der Waals surface area contributed by atoms with E-state index in [4.69, 9.17) is 18.6 Å². The molecular weight excluding hydrogens is 472 g/mol. The lowest BCUT2D eigenvalue weighted by molar-refractivity contribution is -0.171. The first-order valence-corrected chi connectivity index (χ1v) is 17.2. The number of hydrogen-bond acceptors (Lipinski definition) is 6. The smallest absolute Gasteiger partial charge is 0.305 e. The lowest BCUT2D eigenvalue weighted by Gasteiger charge is -2.40. The van der Waals surface area contributed by atoms with Gasteiger partial charge in [-0.15, -0.1) is 0 Å². The third kappa shape index (κ3) is 9.23. The second-order valence-corrected chi connectivity index (χ2v) is 17.1. The maximum atomic E-state index is 11.3. The number of ether oxygens (including phenoxy) is 3. The quantitative estimate of drug-likeness (QED) is 0.110. The SMILES string of the molecule is CCCCCC1(CC[C@H]2C(O[Si](C)(C)C(C)(C)C)C[C@H](O)[C@@H]2C/C=C\CCCC(=O)OC)OCCO1. The van der Waals surface area contributed by atoms with Crippen LogP contribution >= 0.6 is 0 Å². The summed E-state index contributed by atoms with van der Waals surface area (Å²) < 4.78 is 24.0. The van der Waals surface area contributed by atoms with E-state index < -0.39 is 14.1 Å². The number of rotatable bonds is 15. The van der Waals surface area contributed by atoms with Crippen molar-refractivity contribution >= 4 is 14.3 Å². The van der Waals surface area contributed by atoms with Gasteiger partial charge in [0.05, 0.1) is 32.5 Å². The molecule has 0 aromatic rings. The molecule has 1 saturated heterocycles. The van der Waals surface area contributed by atoms with Gasteiger partial charge >= 0.3 is 5.97 Å². The summed E-state index contributed by atoms with van der Waals surface area (Å²) in [6.45, 7) is 15.0. The molecule has 0 spiro atoms. The Bertz CT molecular complexity index is 680. The second-order valence-electron chi connectivity index (χ2n) is 12.3. The summed E-state index contributed by atoms with van der Waals surface area (Å²) >= 11 is 0. The van der Waals surface area contributed by atoms with Crippen molar-refractivity contribution in [3.8, 4) is 0 Å². The third-order valence-electron chi connectivity index (χ3n) is 8.64. The van der Waals surface area contributed by atoms with Crippen LogP contribution in [0.1, 0.15) is 98.3 Å². The van der Waals surface area contributed by atoms with E-state index in [0.717, 1.165) is 44.9 Å². The van der Waals surface area contributed by atoms with Crippen LogP contribution in [0.5, 0.6) is 0 Å². The fourth-order valence-electron chi connectivity index (χ4n) is 5.35. The Labute approximate surface area is 221 Å². The highest BCUT2D eigenvalue weighted by Gasteiger charge is 2.48. The molecule has 0 bridgehead atoms. The molecule has 1 unspecified atom stereocenters. The molecule has 1 saturated carbocycles. The first kappa shape index (κ1) is 31.5. The van der Waals surface area contributed by atoms with Gasteiger partial charge in [0, 0.05) is 19.3 Å². The number of aliphatic hydroxyl groups is 1. The zero-order valence-corrected chi connectivity index (χ0v) is 25.1. The molecule has 0 radical (unpaired) electrons. The molecule has 0 aromatic carbocycles. The van der Waals surface area contributed by atoms with Crippen LogP contribution in [0.2, 0.25) is 18.1 Å². The monoisotopic (exact) mass is 526 g/mol. The Balaban J connectivity index is 2.10. The molecule has 210 valence electrons. The summed E-state index contributed by atoms with van der Waals surface area (Å²) in [7, 11) is -0.547. The van der Waals surface area contributed by atoms with Crippen LogP contribution in [0, 0.1) is 11.8 Å². The first-order valence-electron chi connectivity index (χ1n) is 14.3. The van der Waals surface area contributed by atoms with Gasteiger partial charge in [0.25, 0.3) is 0 Å². The number of esters is 1. The minimum absolute atomic E-state index is 0.0627. The van der Waals surface area contributed by atoms with Gasteiger partial charge in [-0.05, 0) is 68.5 Å². The van der Waals surface area contributed by atoms with Crippen LogP contribution in [0.3, 0.4) is 0 Å². The van der Waals surface area contributed by atoms with Crippen LogP contribution in [0.25, 0.3) is 0 Å². The molecule has 4 atom stereocenters. The van der Waals surface area contributed by atoms with Crippen molar-refractivity contribution in [1.82, 2.24) is 0 Å². The lowest BCUT2D eigenvalue weighted by Crippen LogP contribution is -2.45. The van der Waals surface area contributed by atoms with Gasteiger partial charge in [-0.1, -0.05) is 52.7 Å². The highest BCUT2D eigenvalue weighted by atomic mass is 28.4. The number of carbonyl (C=O) groups is 1. The lowest BCUT2D eigenvalue weighted by atomic mass is 9.85. The normalized spacial score (nSPS) is 26.7. The van der Waals surface area contributed by atoms with Crippen molar-refractivity contribution in [2.75, 3.05) is 20.3 Å². The highest BCUT2D eigenvalue weighted by molar-refractivity contribution is 6.74. The van der Waals surface area contributed by atoms with E-state index >= 15 is 0 Å². The molecule has 36 heavy (non-hydrogen) atoms. The number of methoxy groups -OCH3 is 1. The molecule has 7 heteroatoms. The minimum atomic E-state index is -1.97. The van der Waals surface area contributed by atoms with E-state index in [1.807, 2.05) is 0 Å². The van der Waals surface area contributed by atoms with Gasteiger partial charge in [-0.2, -0.15) is 0 Å². The molecule has 1 heterocycles. The maximum Gasteiger partial charge on any atom is 0.305 e. The fourth-order valence-corrected chi connectivity index (χ4v) is 6.73. The largest absolute Gasteiger partial charge is 0.469 e. The number of allylic oxidation sites excluding steroid dienone is 2. The van der Waals surface area contributed by atoms with E-state index in [9.17, 15) is 9.90 Å². The summed E-state index contributed by atoms with van der Waals surface area (Å²) in [5, 5.41) is 11.3. The summed E-state index contributed by atoms with van der Waals surface area (Å²) in [6, 6.07) is 0.